The SMILES string of the molecule is O=c1ccc(N2CCCCC2CNc2ccncc2Cl)nn1C1CCCC1O. The molecule has 2 aliphatic rings. The standard InChI is InChI=1S/C20H26ClN5O2/c21-15-13-22-10-9-16(15)23-12-14-4-1-2-11-25(14)19-7-8-20(28)26(24-19)17-5-3-6-18(17)27/h7-10,13-14,17-18,27H,1-6,11-12H2,(H,22,23). The van der Waals surface area contributed by atoms with Crippen LogP contribution in [0.3, 0.4) is 0 Å². The molecule has 2 fully saturated rings. The highest BCUT2D eigenvalue weighted by Gasteiger charge is 2.30. The predicted molar refractivity (Wildman–Crippen MR) is 110 cm³/mol. The van der Waals surface area contributed by atoms with Gasteiger partial charge in [0.05, 0.1) is 22.9 Å². The van der Waals surface area contributed by atoms with Crippen molar-refractivity contribution in [1.82, 2.24) is 14.8 Å². The molecule has 3 atom stereocenters. The average molecular weight is 404 g/mol. The lowest BCUT2D eigenvalue weighted by Crippen LogP contribution is -2.45. The van der Waals surface area contributed by atoms with Crippen LogP contribution in [-0.2, 0) is 0 Å². The molecule has 0 radical (unpaired) electrons. The molecule has 1 aliphatic carbocycles. The highest BCUT2D eigenvalue weighted by Crippen LogP contribution is 2.30. The highest BCUT2D eigenvalue weighted by atomic mass is 35.5. The third-order valence-electron chi connectivity index (χ3n) is 5.79. The Hall–Kier alpha value is -2.12. The molecule has 1 aliphatic heterocycles. The van der Waals surface area contributed by atoms with Crippen molar-refractivity contribution in [3.05, 3.63) is 46.0 Å². The van der Waals surface area contributed by atoms with Crippen LogP contribution in [0, 0.1) is 0 Å². The Bertz CT molecular complexity index is 874. The topological polar surface area (TPSA) is 83.3 Å². The summed E-state index contributed by atoms with van der Waals surface area (Å²) in [7, 11) is 0. The second-order valence-electron chi connectivity index (χ2n) is 7.62. The van der Waals surface area contributed by atoms with E-state index in [2.05, 4.69) is 20.3 Å². The molecule has 8 heteroatoms. The van der Waals surface area contributed by atoms with Crippen LogP contribution in [0.25, 0.3) is 0 Å². The number of halogens is 1. The van der Waals surface area contributed by atoms with E-state index in [1.54, 1.807) is 24.5 Å². The molecule has 0 amide bonds. The summed E-state index contributed by atoms with van der Waals surface area (Å²) < 4.78 is 1.49. The Morgan fingerprint density at radius 1 is 1.18 bits per heavy atom. The summed E-state index contributed by atoms with van der Waals surface area (Å²) in [4.78, 5) is 18.6. The number of anilines is 2. The molecule has 28 heavy (non-hydrogen) atoms. The van der Waals surface area contributed by atoms with Gasteiger partial charge in [-0.15, -0.1) is 0 Å². The van der Waals surface area contributed by atoms with Gasteiger partial charge in [-0.25, -0.2) is 4.68 Å². The van der Waals surface area contributed by atoms with Gasteiger partial charge in [0.2, 0.25) is 0 Å². The van der Waals surface area contributed by atoms with E-state index >= 15 is 0 Å². The van der Waals surface area contributed by atoms with Gasteiger partial charge < -0.3 is 15.3 Å². The molecular weight excluding hydrogens is 378 g/mol. The first-order chi connectivity index (χ1) is 13.6. The first-order valence-electron chi connectivity index (χ1n) is 10.0. The van der Waals surface area contributed by atoms with E-state index in [0.29, 0.717) is 5.02 Å². The van der Waals surface area contributed by atoms with Crippen molar-refractivity contribution in [2.75, 3.05) is 23.3 Å². The Balaban J connectivity index is 1.54. The normalized spacial score (nSPS) is 25.1. The van der Waals surface area contributed by atoms with Gasteiger partial charge >= 0.3 is 0 Å². The van der Waals surface area contributed by atoms with Gasteiger partial charge in [0, 0.05) is 37.6 Å². The molecule has 0 bridgehead atoms. The van der Waals surface area contributed by atoms with Gasteiger partial charge in [-0.05, 0) is 50.7 Å². The minimum absolute atomic E-state index is 0.148. The van der Waals surface area contributed by atoms with E-state index in [9.17, 15) is 9.90 Å². The van der Waals surface area contributed by atoms with Crippen LogP contribution >= 0.6 is 11.6 Å². The van der Waals surface area contributed by atoms with Gasteiger partial charge in [0.1, 0.15) is 5.82 Å². The van der Waals surface area contributed by atoms with Gasteiger partial charge in [0.25, 0.3) is 5.56 Å². The number of pyridine rings is 1. The van der Waals surface area contributed by atoms with Crippen molar-refractivity contribution in [3.8, 4) is 0 Å². The average Bonchev–Trinajstić information content (AvgIpc) is 3.14. The van der Waals surface area contributed by atoms with Crippen LogP contribution in [0.15, 0.2) is 35.4 Å². The van der Waals surface area contributed by atoms with Crippen molar-refractivity contribution >= 4 is 23.1 Å². The predicted octanol–water partition coefficient (Wildman–Crippen LogP) is 2.85. The zero-order valence-electron chi connectivity index (χ0n) is 15.8. The number of hydrogen-bond acceptors (Lipinski definition) is 6. The molecule has 3 unspecified atom stereocenters. The summed E-state index contributed by atoms with van der Waals surface area (Å²) in [6.07, 6.45) is 8.61. The Morgan fingerprint density at radius 3 is 2.86 bits per heavy atom. The minimum atomic E-state index is -0.492. The van der Waals surface area contributed by atoms with Crippen LogP contribution in [0.1, 0.15) is 44.6 Å². The molecule has 1 saturated carbocycles. The molecule has 3 heterocycles. The van der Waals surface area contributed by atoms with Crippen LogP contribution in [0.5, 0.6) is 0 Å². The largest absolute Gasteiger partial charge is 0.391 e. The van der Waals surface area contributed by atoms with E-state index in [1.807, 2.05) is 6.07 Å². The molecule has 7 nitrogen and oxygen atoms in total. The van der Waals surface area contributed by atoms with Gasteiger partial charge in [-0.2, -0.15) is 5.10 Å². The molecule has 2 N–H and O–H groups in total. The monoisotopic (exact) mass is 403 g/mol. The summed E-state index contributed by atoms with van der Waals surface area (Å²) in [5, 5.41) is 18.9. The van der Waals surface area contributed by atoms with Crippen LogP contribution in [0.4, 0.5) is 11.5 Å². The smallest absolute Gasteiger partial charge is 0.267 e. The number of rotatable bonds is 5. The molecule has 4 rings (SSSR count). The fourth-order valence-corrected chi connectivity index (χ4v) is 4.46. The second kappa shape index (κ2) is 8.49. The Labute approximate surface area is 169 Å². The lowest BCUT2D eigenvalue weighted by molar-refractivity contribution is 0.127. The number of aliphatic hydroxyl groups excluding tert-OH is 1. The molecule has 0 aromatic carbocycles. The molecule has 150 valence electrons. The summed E-state index contributed by atoms with van der Waals surface area (Å²) in [6.45, 7) is 1.63. The fourth-order valence-electron chi connectivity index (χ4n) is 4.27. The molecule has 1 saturated heterocycles. The van der Waals surface area contributed by atoms with Crippen LogP contribution in [0.2, 0.25) is 5.02 Å². The van der Waals surface area contributed by atoms with Crippen LogP contribution in [-0.4, -0.2) is 45.1 Å². The quantitative estimate of drug-likeness (QED) is 0.798. The van der Waals surface area contributed by atoms with E-state index in [1.165, 1.54) is 4.68 Å². The second-order valence-corrected chi connectivity index (χ2v) is 8.03. The summed E-state index contributed by atoms with van der Waals surface area (Å²) in [5.74, 6) is 0.797. The lowest BCUT2D eigenvalue weighted by Gasteiger charge is -2.37. The number of nitrogens with zero attached hydrogens (tertiary/aromatic N) is 4. The van der Waals surface area contributed by atoms with Crippen molar-refractivity contribution in [3.63, 3.8) is 0 Å². The summed E-state index contributed by atoms with van der Waals surface area (Å²) in [6, 6.07) is 5.29. The molecule has 2 aromatic heterocycles. The van der Waals surface area contributed by atoms with E-state index in [4.69, 9.17) is 11.6 Å². The van der Waals surface area contributed by atoms with Crippen molar-refractivity contribution in [2.45, 2.75) is 56.7 Å². The van der Waals surface area contributed by atoms with Gasteiger partial charge in [-0.3, -0.25) is 9.78 Å². The van der Waals surface area contributed by atoms with E-state index in [0.717, 1.165) is 63.1 Å². The maximum absolute atomic E-state index is 12.4. The Morgan fingerprint density at radius 2 is 2.07 bits per heavy atom. The number of hydrogen-bond donors (Lipinski definition) is 2. The number of aliphatic hydroxyl groups is 1. The maximum Gasteiger partial charge on any atom is 0.267 e. The molecule has 2 aromatic rings. The van der Waals surface area contributed by atoms with Crippen molar-refractivity contribution < 1.29 is 5.11 Å². The highest BCUT2D eigenvalue weighted by molar-refractivity contribution is 6.33. The first kappa shape index (κ1) is 19.2. The zero-order chi connectivity index (χ0) is 19.5. The zero-order valence-corrected chi connectivity index (χ0v) is 16.6. The van der Waals surface area contributed by atoms with Crippen molar-refractivity contribution in [1.29, 1.82) is 0 Å². The number of aromatic nitrogens is 3. The van der Waals surface area contributed by atoms with Gasteiger partial charge in [-0.1, -0.05) is 11.6 Å². The summed E-state index contributed by atoms with van der Waals surface area (Å²) >= 11 is 6.21. The third-order valence-corrected chi connectivity index (χ3v) is 6.09. The van der Waals surface area contributed by atoms with E-state index in [-0.39, 0.29) is 17.6 Å². The van der Waals surface area contributed by atoms with Gasteiger partial charge in [0.15, 0.2) is 0 Å². The first-order valence-corrected chi connectivity index (χ1v) is 10.4. The summed E-state index contributed by atoms with van der Waals surface area (Å²) in [5.41, 5.74) is 0.721. The minimum Gasteiger partial charge on any atom is -0.391 e. The Kier molecular flexibility index (Phi) is 5.82. The number of piperidine rings is 1. The third kappa shape index (κ3) is 4.00. The molecule has 0 spiro atoms. The fraction of sp³-hybridized carbons (Fsp3) is 0.550. The molecular formula is C20H26ClN5O2. The maximum atomic E-state index is 12.4. The van der Waals surface area contributed by atoms with E-state index < -0.39 is 6.10 Å². The van der Waals surface area contributed by atoms with Crippen LogP contribution < -0.4 is 15.8 Å². The van der Waals surface area contributed by atoms with Crippen molar-refractivity contribution in [2.24, 2.45) is 0 Å². The lowest BCUT2D eigenvalue weighted by atomic mass is 10.0. The number of nitrogens with one attached hydrogen (secondary N) is 1.